The summed E-state index contributed by atoms with van der Waals surface area (Å²) in [6.45, 7) is 19.4. The van der Waals surface area contributed by atoms with Gasteiger partial charge in [-0.25, -0.2) is 4.57 Å². The van der Waals surface area contributed by atoms with Gasteiger partial charge in [-0.3, -0.25) is 12.6 Å². The minimum atomic E-state index is -4.89. The lowest BCUT2D eigenvalue weighted by molar-refractivity contribution is -0.0418. The smallest absolute Gasteiger partial charge is 0.351 e. The number of hydrogen-bond donors (Lipinski definition) is 0. The SMILES string of the molecule is CCCO[Si](OCCC)(OCCC)OP(=O)(O[Si](OCCC)(OCCC)OCCC)O[Si](OCCC)(OCCC)OCCC. The summed E-state index contributed by atoms with van der Waals surface area (Å²) < 4.78 is 89.2. The Morgan fingerprint density at radius 1 is 0.318 bits per heavy atom. The summed E-state index contributed by atoms with van der Waals surface area (Å²) in [5, 5.41) is 0. The molecule has 0 spiro atoms. The standard InChI is InChI=1S/C27H63O13PSi3/c1-10-19-29-42(30-20-11-2,31-21-12-3)38-41(28,39-43(32-22-13-4,33-23-14-5)34-24-15-6)40-44(35-25-16-7,36-26-17-8)37-27-18-9/h10-27H2,1-9H3. The van der Waals surface area contributed by atoms with Crippen LogP contribution < -0.4 is 0 Å². The lowest BCUT2D eigenvalue weighted by Gasteiger charge is -2.37. The van der Waals surface area contributed by atoms with E-state index in [1.807, 2.05) is 62.3 Å². The summed E-state index contributed by atoms with van der Waals surface area (Å²) >= 11 is 0. The van der Waals surface area contributed by atoms with E-state index in [1.54, 1.807) is 0 Å². The molecule has 0 aliphatic rings. The molecule has 0 saturated carbocycles. The molecule has 0 unspecified atom stereocenters. The van der Waals surface area contributed by atoms with Gasteiger partial charge in [-0.2, -0.15) is 0 Å². The Hall–Kier alpha value is 0.401. The molecule has 0 aromatic carbocycles. The maximum Gasteiger partial charge on any atom is 0.688 e. The Bertz CT molecular complexity index is 571. The van der Waals surface area contributed by atoms with Crippen LogP contribution in [0.15, 0.2) is 0 Å². The van der Waals surface area contributed by atoms with Gasteiger partial charge < -0.3 is 39.8 Å². The molecule has 0 N–H and O–H groups in total. The average Bonchev–Trinajstić information content (AvgIpc) is 3.02. The van der Waals surface area contributed by atoms with E-state index >= 15 is 4.57 Å². The molecule has 0 bridgehead atoms. The van der Waals surface area contributed by atoms with E-state index in [0.717, 1.165) is 0 Å². The predicted octanol–water partition coefficient (Wildman–Crippen LogP) is 7.29. The van der Waals surface area contributed by atoms with Crippen molar-refractivity contribution in [3.05, 3.63) is 0 Å². The van der Waals surface area contributed by atoms with E-state index in [4.69, 9.17) is 52.5 Å². The van der Waals surface area contributed by atoms with Crippen LogP contribution in [-0.4, -0.2) is 86.6 Å². The maximum atomic E-state index is 15.2. The molecular weight excluding hydrogens is 648 g/mol. The van der Waals surface area contributed by atoms with E-state index < -0.39 is 35.0 Å². The number of rotatable bonds is 33. The van der Waals surface area contributed by atoms with E-state index in [9.17, 15) is 0 Å². The predicted molar refractivity (Wildman–Crippen MR) is 174 cm³/mol. The second-order valence-electron chi connectivity index (χ2n) is 9.86. The monoisotopic (exact) mass is 710 g/mol. The maximum absolute atomic E-state index is 15.2. The summed E-state index contributed by atoms with van der Waals surface area (Å²) in [6, 6.07) is 0. The lowest BCUT2D eigenvalue weighted by Crippen LogP contribution is -2.55. The minimum absolute atomic E-state index is 0.223. The quantitative estimate of drug-likeness (QED) is 0.0500. The number of hydrogen-bond acceptors (Lipinski definition) is 13. The molecule has 0 aliphatic heterocycles. The van der Waals surface area contributed by atoms with E-state index in [-0.39, 0.29) is 59.5 Å². The van der Waals surface area contributed by atoms with Gasteiger partial charge in [-0.05, 0) is 57.8 Å². The molecule has 0 atom stereocenters. The van der Waals surface area contributed by atoms with Crippen molar-refractivity contribution in [2.24, 2.45) is 0 Å². The summed E-state index contributed by atoms with van der Waals surface area (Å²) in [7, 11) is -17.4. The molecule has 0 radical (unpaired) electrons. The van der Waals surface area contributed by atoms with Crippen LogP contribution in [0.25, 0.3) is 0 Å². The van der Waals surface area contributed by atoms with Crippen molar-refractivity contribution in [3.63, 3.8) is 0 Å². The van der Waals surface area contributed by atoms with Crippen LogP contribution in [0.5, 0.6) is 0 Å². The van der Waals surface area contributed by atoms with Gasteiger partial charge in [-0.15, -0.1) is 0 Å². The molecule has 0 aromatic heterocycles. The molecule has 0 saturated heterocycles. The Morgan fingerprint density at radius 2 is 0.455 bits per heavy atom. The van der Waals surface area contributed by atoms with Crippen molar-refractivity contribution < 1.29 is 57.0 Å². The molecular formula is C27H63O13PSi3. The largest absolute Gasteiger partial charge is 0.688 e. The summed E-state index contributed by atoms with van der Waals surface area (Å²) in [6.07, 6.45) is 5.66. The van der Waals surface area contributed by atoms with E-state index in [2.05, 4.69) is 0 Å². The topological polar surface area (TPSA) is 128 Å². The summed E-state index contributed by atoms with van der Waals surface area (Å²) in [5.41, 5.74) is 0. The van der Waals surface area contributed by atoms with Crippen LogP contribution in [0.4, 0.5) is 0 Å². The van der Waals surface area contributed by atoms with Crippen molar-refractivity contribution in [1.82, 2.24) is 0 Å². The van der Waals surface area contributed by atoms with Crippen LogP contribution in [0.3, 0.4) is 0 Å². The molecule has 13 nitrogen and oxygen atoms in total. The third-order valence-corrected chi connectivity index (χ3v) is 15.4. The Balaban J connectivity index is 7.27. The summed E-state index contributed by atoms with van der Waals surface area (Å²) in [5.74, 6) is 0. The van der Waals surface area contributed by atoms with E-state index in [0.29, 0.717) is 57.8 Å². The average molecular weight is 711 g/mol. The zero-order valence-corrected chi connectivity index (χ0v) is 32.9. The summed E-state index contributed by atoms with van der Waals surface area (Å²) in [4.78, 5) is 0. The van der Waals surface area contributed by atoms with Gasteiger partial charge in [0.2, 0.25) is 0 Å². The zero-order valence-electron chi connectivity index (χ0n) is 29.0. The highest BCUT2D eigenvalue weighted by atomic mass is 31.2. The third kappa shape index (κ3) is 18.1. The fourth-order valence-corrected chi connectivity index (χ4v) is 14.6. The second-order valence-corrected chi connectivity index (χ2v) is 18.5. The van der Waals surface area contributed by atoms with Gasteiger partial charge in [0.05, 0.1) is 0 Å². The van der Waals surface area contributed by atoms with Crippen LogP contribution in [-0.2, 0) is 57.0 Å². The highest BCUT2D eigenvalue weighted by Gasteiger charge is 2.64. The van der Waals surface area contributed by atoms with Gasteiger partial charge in [0.15, 0.2) is 0 Å². The van der Waals surface area contributed by atoms with Crippen LogP contribution >= 0.6 is 7.82 Å². The molecule has 266 valence electrons. The zero-order chi connectivity index (χ0) is 33.2. The Kier molecular flexibility index (Phi) is 26.6. The fourth-order valence-electron chi connectivity index (χ4n) is 3.12. The Labute approximate surface area is 271 Å². The van der Waals surface area contributed by atoms with Gasteiger partial charge >= 0.3 is 35.0 Å². The highest BCUT2D eigenvalue weighted by molar-refractivity contribution is 7.53. The first kappa shape index (κ1) is 44.4. The fraction of sp³-hybridized carbons (Fsp3) is 1.00. The van der Waals surface area contributed by atoms with Crippen molar-refractivity contribution in [2.75, 3.05) is 59.5 Å². The number of phosphoric acid groups is 1. The van der Waals surface area contributed by atoms with Crippen LogP contribution in [0.1, 0.15) is 120 Å². The first-order valence-electron chi connectivity index (χ1n) is 16.6. The van der Waals surface area contributed by atoms with Gasteiger partial charge in [0.1, 0.15) is 0 Å². The van der Waals surface area contributed by atoms with E-state index in [1.165, 1.54) is 0 Å². The third-order valence-electron chi connectivity index (χ3n) is 5.02. The van der Waals surface area contributed by atoms with Crippen molar-refractivity contribution in [3.8, 4) is 0 Å². The molecule has 17 heteroatoms. The van der Waals surface area contributed by atoms with Gasteiger partial charge in [-0.1, -0.05) is 62.3 Å². The van der Waals surface area contributed by atoms with Crippen molar-refractivity contribution >= 4 is 35.0 Å². The minimum Gasteiger partial charge on any atom is -0.351 e. The molecule has 0 heterocycles. The first-order valence-corrected chi connectivity index (χ1v) is 23.0. The van der Waals surface area contributed by atoms with Crippen LogP contribution in [0.2, 0.25) is 0 Å². The molecule has 0 amide bonds. The molecule has 0 aliphatic carbocycles. The molecule has 0 rings (SSSR count). The normalized spacial score (nSPS) is 13.2. The molecule has 44 heavy (non-hydrogen) atoms. The van der Waals surface area contributed by atoms with Gasteiger partial charge in [0.25, 0.3) is 0 Å². The highest BCUT2D eigenvalue weighted by Crippen LogP contribution is 2.57. The van der Waals surface area contributed by atoms with Crippen LogP contribution in [0, 0.1) is 0 Å². The lowest BCUT2D eigenvalue weighted by atomic mass is 10.5. The van der Waals surface area contributed by atoms with Crippen molar-refractivity contribution in [2.45, 2.75) is 120 Å². The Morgan fingerprint density at radius 3 is 0.568 bits per heavy atom. The molecule has 0 fully saturated rings. The van der Waals surface area contributed by atoms with Gasteiger partial charge in [0, 0.05) is 59.5 Å². The second kappa shape index (κ2) is 26.4. The van der Waals surface area contributed by atoms with Crippen molar-refractivity contribution in [1.29, 1.82) is 0 Å². The first-order chi connectivity index (χ1) is 21.2. The molecule has 0 aromatic rings.